The van der Waals surface area contributed by atoms with Crippen LogP contribution in [-0.4, -0.2) is 19.6 Å². The molecule has 116 valence electrons. The van der Waals surface area contributed by atoms with Gasteiger partial charge in [-0.1, -0.05) is 25.5 Å². The van der Waals surface area contributed by atoms with Crippen LogP contribution in [0.2, 0.25) is 0 Å². The molecule has 2 rings (SSSR count). The summed E-state index contributed by atoms with van der Waals surface area (Å²) in [6.07, 6.45) is 4.18. The summed E-state index contributed by atoms with van der Waals surface area (Å²) >= 11 is 0. The van der Waals surface area contributed by atoms with E-state index in [2.05, 4.69) is 12.2 Å². The summed E-state index contributed by atoms with van der Waals surface area (Å²) in [7, 11) is 1.66. The highest BCUT2D eigenvalue weighted by Gasteiger charge is 2.34. The van der Waals surface area contributed by atoms with E-state index in [0.29, 0.717) is 12.5 Å². The number of ether oxygens (including phenoxy) is 1. The van der Waals surface area contributed by atoms with Gasteiger partial charge in [0.2, 0.25) is 5.91 Å². The maximum absolute atomic E-state index is 12.4. The largest absolute Gasteiger partial charge is 0.497 e. The van der Waals surface area contributed by atoms with Crippen molar-refractivity contribution < 1.29 is 9.53 Å². The van der Waals surface area contributed by atoms with Crippen LogP contribution in [0, 0.1) is 11.8 Å². The molecule has 0 heterocycles. The number of hydrogen-bond donors (Lipinski definition) is 2. The molecule has 1 saturated carbocycles. The quantitative estimate of drug-likeness (QED) is 0.773. The Morgan fingerprint density at radius 1 is 1.38 bits per heavy atom. The van der Waals surface area contributed by atoms with Gasteiger partial charge in [-0.2, -0.15) is 0 Å². The first-order valence-corrected chi connectivity index (χ1v) is 7.84. The molecule has 0 aromatic heterocycles. The maximum Gasteiger partial charge on any atom is 0.224 e. The number of nitrogens with one attached hydrogen (secondary N) is 1. The first kappa shape index (κ1) is 15.8. The van der Waals surface area contributed by atoms with Gasteiger partial charge in [0.05, 0.1) is 19.1 Å². The van der Waals surface area contributed by atoms with Crippen LogP contribution in [0.25, 0.3) is 0 Å². The van der Waals surface area contributed by atoms with E-state index in [-0.39, 0.29) is 17.9 Å². The van der Waals surface area contributed by atoms with Crippen LogP contribution < -0.4 is 15.8 Å². The Morgan fingerprint density at radius 2 is 2.05 bits per heavy atom. The highest BCUT2D eigenvalue weighted by atomic mass is 16.5. The molecule has 4 heteroatoms. The van der Waals surface area contributed by atoms with Crippen LogP contribution in [-0.2, 0) is 4.79 Å². The Bertz CT molecular complexity index is 454. The number of rotatable bonds is 8. The molecule has 0 saturated heterocycles. The van der Waals surface area contributed by atoms with Gasteiger partial charge in [-0.15, -0.1) is 0 Å². The normalized spacial score (nSPS) is 17.1. The third-order valence-electron chi connectivity index (χ3n) is 4.16. The minimum Gasteiger partial charge on any atom is -0.497 e. The number of amides is 1. The minimum absolute atomic E-state index is 0.0745. The molecule has 1 aromatic carbocycles. The van der Waals surface area contributed by atoms with Crippen molar-refractivity contribution in [2.45, 2.75) is 38.6 Å². The summed E-state index contributed by atoms with van der Waals surface area (Å²) < 4.78 is 5.19. The van der Waals surface area contributed by atoms with Crippen molar-refractivity contribution in [3.05, 3.63) is 29.8 Å². The van der Waals surface area contributed by atoms with Gasteiger partial charge in [0.25, 0.3) is 0 Å². The van der Waals surface area contributed by atoms with E-state index in [4.69, 9.17) is 10.5 Å². The Kier molecular flexibility index (Phi) is 5.62. The molecule has 4 nitrogen and oxygen atoms in total. The highest BCUT2D eigenvalue weighted by molar-refractivity contribution is 5.79. The number of carbonyl (C=O) groups is 1. The second kappa shape index (κ2) is 7.46. The summed E-state index contributed by atoms with van der Waals surface area (Å²) in [5, 5.41) is 3.21. The SMILES string of the molecule is CCCC(CN)C(=O)NC(c1ccc(OC)cc1)C1CC1. The molecule has 0 bridgehead atoms. The van der Waals surface area contributed by atoms with E-state index in [1.165, 1.54) is 12.8 Å². The van der Waals surface area contributed by atoms with Crippen molar-refractivity contribution >= 4 is 5.91 Å². The molecule has 3 N–H and O–H groups in total. The lowest BCUT2D eigenvalue weighted by Crippen LogP contribution is -2.38. The molecular formula is C17H26N2O2. The third kappa shape index (κ3) is 4.21. The zero-order valence-corrected chi connectivity index (χ0v) is 13.0. The predicted molar refractivity (Wildman–Crippen MR) is 84.1 cm³/mol. The zero-order chi connectivity index (χ0) is 15.2. The Balaban J connectivity index is 2.06. The summed E-state index contributed by atoms with van der Waals surface area (Å²) in [6.45, 7) is 2.50. The average Bonchev–Trinajstić information content (AvgIpc) is 3.35. The Morgan fingerprint density at radius 3 is 2.52 bits per heavy atom. The number of nitrogens with two attached hydrogens (primary N) is 1. The summed E-state index contributed by atoms with van der Waals surface area (Å²) in [6, 6.07) is 8.08. The fourth-order valence-electron chi connectivity index (χ4n) is 2.69. The van der Waals surface area contributed by atoms with Crippen molar-refractivity contribution in [1.29, 1.82) is 0 Å². The number of carbonyl (C=O) groups excluding carboxylic acids is 1. The van der Waals surface area contributed by atoms with Crippen molar-refractivity contribution in [1.82, 2.24) is 5.32 Å². The molecule has 1 amide bonds. The van der Waals surface area contributed by atoms with Gasteiger partial charge in [-0.3, -0.25) is 4.79 Å². The second-order valence-electron chi connectivity index (χ2n) is 5.82. The summed E-state index contributed by atoms with van der Waals surface area (Å²) in [5.74, 6) is 1.41. The van der Waals surface area contributed by atoms with E-state index in [1.54, 1.807) is 7.11 Å². The van der Waals surface area contributed by atoms with Gasteiger partial charge in [0, 0.05) is 6.54 Å². The molecule has 0 spiro atoms. The lowest BCUT2D eigenvalue weighted by Gasteiger charge is -2.22. The lowest BCUT2D eigenvalue weighted by atomic mass is 9.98. The number of benzene rings is 1. The van der Waals surface area contributed by atoms with E-state index in [0.717, 1.165) is 24.2 Å². The fourth-order valence-corrected chi connectivity index (χ4v) is 2.69. The Labute approximate surface area is 127 Å². The van der Waals surface area contributed by atoms with E-state index in [9.17, 15) is 4.79 Å². The molecule has 2 unspecified atom stereocenters. The predicted octanol–water partition coefficient (Wildman–Crippen LogP) is 2.64. The monoisotopic (exact) mass is 290 g/mol. The van der Waals surface area contributed by atoms with Crippen molar-refractivity contribution in [2.24, 2.45) is 17.6 Å². The van der Waals surface area contributed by atoms with Crippen molar-refractivity contribution in [2.75, 3.05) is 13.7 Å². The van der Waals surface area contributed by atoms with E-state index < -0.39 is 0 Å². The summed E-state index contributed by atoms with van der Waals surface area (Å²) in [5.41, 5.74) is 6.88. The van der Waals surface area contributed by atoms with E-state index >= 15 is 0 Å². The van der Waals surface area contributed by atoms with Crippen molar-refractivity contribution in [3.8, 4) is 5.75 Å². The van der Waals surface area contributed by atoms with Crippen LogP contribution in [0.1, 0.15) is 44.2 Å². The molecule has 1 aromatic rings. The maximum atomic E-state index is 12.4. The second-order valence-corrected chi connectivity index (χ2v) is 5.82. The fraction of sp³-hybridized carbons (Fsp3) is 0.588. The van der Waals surface area contributed by atoms with Crippen LogP contribution in [0.5, 0.6) is 5.75 Å². The van der Waals surface area contributed by atoms with Crippen LogP contribution >= 0.6 is 0 Å². The summed E-state index contributed by atoms with van der Waals surface area (Å²) in [4.78, 5) is 12.4. The number of hydrogen-bond acceptors (Lipinski definition) is 3. The molecule has 0 aliphatic heterocycles. The third-order valence-corrected chi connectivity index (χ3v) is 4.16. The van der Waals surface area contributed by atoms with Crippen LogP contribution in [0.4, 0.5) is 0 Å². The zero-order valence-electron chi connectivity index (χ0n) is 13.0. The molecule has 2 atom stereocenters. The average molecular weight is 290 g/mol. The number of methoxy groups -OCH3 is 1. The molecular weight excluding hydrogens is 264 g/mol. The van der Waals surface area contributed by atoms with Gasteiger partial charge in [0.1, 0.15) is 5.75 Å². The minimum atomic E-state index is -0.0745. The first-order chi connectivity index (χ1) is 10.2. The first-order valence-electron chi connectivity index (χ1n) is 7.84. The van der Waals surface area contributed by atoms with Gasteiger partial charge in [-0.05, 0) is 42.9 Å². The standard InChI is InChI=1S/C17H26N2O2/c1-3-4-14(11-18)17(20)19-16(12-5-6-12)13-7-9-15(21-2)10-8-13/h7-10,12,14,16H,3-6,11,18H2,1-2H3,(H,19,20). The van der Waals surface area contributed by atoms with Gasteiger partial charge >= 0.3 is 0 Å². The van der Waals surface area contributed by atoms with Crippen LogP contribution in [0.15, 0.2) is 24.3 Å². The van der Waals surface area contributed by atoms with E-state index in [1.807, 2.05) is 24.3 Å². The highest BCUT2D eigenvalue weighted by Crippen LogP contribution is 2.41. The van der Waals surface area contributed by atoms with Gasteiger partial charge in [0.15, 0.2) is 0 Å². The van der Waals surface area contributed by atoms with Crippen LogP contribution in [0.3, 0.4) is 0 Å². The molecule has 1 aliphatic rings. The molecule has 1 fully saturated rings. The topological polar surface area (TPSA) is 64.4 Å². The smallest absolute Gasteiger partial charge is 0.224 e. The Hall–Kier alpha value is -1.55. The molecule has 0 radical (unpaired) electrons. The van der Waals surface area contributed by atoms with Gasteiger partial charge < -0.3 is 15.8 Å². The molecule has 21 heavy (non-hydrogen) atoms. The lowest BCUT2D eigenvalue weighted by molar-refractivity contribution is -0.125. The molecule has 1 aliphatic carbocycles. The van der Waals surface area contributed by atoms with Crippen molar-refractivity contribution in [3.63, 3.8) is 0 Å². The van der Waals surface area contributed by atoms with Gasteiger partial charge in [-0.25, -0.2) is 0 Å².